The lowest BCUT2D eigenvalue weighted by molar-refractivity contribution is 0.167. The van der Waals surface area contributed by atoms with Crippen LogP contribution < -0.4 is 4.74 Å². The molecule has 1 aromatic heterocycles. The summed E-state index contributed by atoms with van der Waals surface area (Å²) in [5.74, 6) is 0.810. The second-order valence-electron chi connectivity index (χ2n) is 4.60. The molecule has 1 atom stereocenters. The van der Waals surface area contributed by atoms with Crippen LogP contribution in [0.4, 0.5) is 0 Å². The molecule has 0 bridgehead atoms. The van der Waals surface area contributed by atoms with Crippen LogP contribution in [-0.4, -0.2) is 22.0 Å². The summed E-state index contributed by atoms with van der Waals surface area (Å²) in [5, 5.41) is 14.7. The van der Waals surface area contributed by atoms with Crippen molar-refractivity contribution in [2.24, 2.45) is 0 Å². The van der Waals surface area contributed by atoms with Crippen LogP contribution in [0.25, 0.3) is 0 Å². The largest absolute Gasteiger partial charge is 0.497 e. The molecule has 0 amide bonds. The summed E-state index contributed by atoms with van der Waals surface area (Å²) in [6.45, 7) is 4.72. The third-order valence-corrected chi connectivity index (χ3v) is 3.14. The molecule has 4 heteroatoms. The smallest absolute Gasteiger partial charge is 0.119 e. The van der Waals surface area contributed by atoms with Gasteiger partial charge in [-0.15, -0.1) is 0 Å². The minimum absolute atomic E-state index is 0.548. The first-order valence-electron chi connectivity index (χ1n) is 6.49. The van der Waals surface area contributed by atoms with Crippen molar-refractivity contribution in [2.75, 3.05) is 7.11 Å². The second-order valence-corrected chi connectivity index (χ2v) is 4.60. The minimum Gasteiger partial charge on any atom is -0.497 e. The molecule has 102 valence electrons. The van der Waals surface area contributed by atoms with E-state index in [0.717, 1.165) is 29.2 Å². The SMILES string of the molecule is CCn1nc(C)cc1C(O)Cc1cccc(OC)c1. The van der Waals surface area contributed by atoms with Gasteiger partial charge in [-0.2, -0.15) is 5.10 Å². The molecular weight excluding hydrogens is 240 g/mol. The molecule has 0 aliphatic rings. The van der Waals surface area contributed by atoms with Crippen LogP contribution in [-0.2, 0) is 13.0 Å². The number of rotatable bonds is 5. The zero-order valence-corrected chi connectivity index (χ0v) is 11.6. The van der Waals surface area contributed by atoms with Crippen molar-refractivity contribution in [1.29, 1.82) is 0 Å². The number of hydrogen-bond acceptors (Lipinski definition) is 3. The van der Waals surface area contributed by atoms with Crippen molar-refractivity contribution in [3.05, 3.63) is 47.3 Å². The van der Waals surface area contributed by atoms with Gasteiger partial charge in [-0.25, -0.2) is 0 Å². The van der Waals surface area contributed by atoms with E-state index in [0.29, 0.717) is 6.42 Å². The normalized spacial score (nSPS) is 12.4. The van der Waals surface area contributed by atoms with E-state index in [2.05, 4.69) is 5.10 Å². The highest BCUT2D eigenvalue weighted by Gasteiger charge is 2.15. The third kappa shape index (κ3) is 3.15. The van der Waals surface area contributed by atoms with E-state index in [4.69, 9.17) is 4.74 Å². The maximum Gasteiger partial charge on any atom is 0.119 e. The first-order valence-corrected chi connectivity index (χ1v) is 6.49. The van der Waals surface area contributed by atoms with Gasteiger partial charge in [0.15, 0.2) is 0 Å². The van der Waals surface area contributed by atoms with Gasteiger partial charge < -0.3 is 9.84 Å². The maximum absolute atomic E-state index is 10.4. The van der Waals surface area contributed by atoms with Gasteiger partial charge in [-0.1, -0.05) is 12.1 Å². The van der Waals surface area contributed by atoms with E-state index >= 15 is 0 Å². The fourth-order valence-electron chi connectivity index (χ4n) is 2.21. The lowest BCUT2D eigenvalue weighted by atomic mass is 10.1. The Morgan fingerprint density at radius 3 is 2.84 bits per heavy atom. The van der Waals surface area contributed by atoms with E-state index in [1.165, 1.54) is 0 Å². The van der Waals surface area contributed by atoms with Gasteiger partial charge in [0.05, 0.1) is 24.6 Å². The molecule has 19 heavy (non-hydrogen) atoms. The molecule has 2 aromatic rings. The first kappa shape index (κ1) is 13.6. The van der Waals surface area contributed by atoms with Crippen molar-refractivity contribution >= 4 is 0 Å². The Morgan fingerprint density at radius 1 is 1.37 bits per heavy atom. The molecule has 1 aromatic carbocycles. The topological polar surface area (TPSA) is 47.3 Å². The molecule has 0 aliphatic heterocycles. The number of benzene rings is 1. The summed E-state index contributed by atoms with van der Waals surface area (Å²) in [4.78, 5) is 0. The van der Waals surface area contributed by atoms with Crippen molar-refractivity contribution in [3.63, 3.8) is 0 Å². The number of nitrogens with zero attached hydrogens (tertiary/aromatic N) is 2. The Hall–Kier alpha value is -1.81. The molecule has 0 fully saturated rings. The molecule has 0 radical (unpaired) electrons. The van der Waals surface area contributed by atoms with Crippen molar-refractivity contribution in [2.45, 2.75) is 32.9 Å². The van der Waals surface area contributed by atoms with E-state index in [-0.39, 0.29) is 0 Å². The van der Waals surface area contributed by atoms with E-state index in [1.807, 2.05) is 48.9 Å². The molecule has 1 heterocycles. The number of aliphatic hydroxyl groups is 1. The van der Waals surface area contributed by atoms with Crippen LogP contribution >= 0.6 is 0 Å². The van der Waals surface area contributed by atoms with Crippen LogP contribution in [0, 0.1) is 6.92 Å². The van der Waals surface area contributed by atoms with E-state index in [1.54, 1.807) is 7.11 Å². The van der Waals surface area contributed by atoms with Gasteiger partial charge in [0.25, 0.3) is 0 Å². The van der Waals surface area contributed by atoms with Gasteiger partial charge in [-0.05, 0) is 37.6 Å². The van der Waals surface area contributed by atoms with Crippen molar-refractivity contribution in [1.82, 2.24) is 9.78 Å². The number of ether oxygens (including phenoxy) is 1. The average Bonchev–Trinajstić information content (AvgIpc) is 2.80. The predicted octanol–water partition coefficient (Wildman–Crippen LogP) is 2.50. The summed E-state index contributed by atoms with van der Waals surface area (Å²) >= 11 is 0. The zero-order chi connectivity index (χ0) is 13.8. The lowest BCUT2D eigenvalue weighted by Gasteiger charge is -2.13. The summed E-state index contributed by atoms with van der Waals surface area (Å²) < 4.78 is 7.04. The van der Waals surface area contributed by atoms with Crippen LogP contribution in [0.5, 0.6) is 5.75 Å². The number of aromatic nitrogens is 2. The standard InChI is InChI=1S/C15H20N2O2/c1-4-17-14(8-11(2)16-17)15(18)10-12-6-5-7-13(9-12)19-3/h5-9,15,18H,4,10H2,1-3H3. The van der Waals surface area contributed by atoms with Gasteiger partial charge in [-0.3, -0.25) is 4.68 Å². The summed E-state index contributed by atoms with van der Waals surface area (Å²) in [7, 11) is 1.64. The fraction of sp³-hybridized carbons (Fsp3) is 0.400. The summed E-state index contributed by atoms with van der Waals surface area (Å²) in [5.41, 5.74) is 2.85. The Labute approximate surface area is 113 Å². The van der Waals surface area contributed by atoms with Crippen LogP contribution in [0.2, 0.25) is 0 Å². The first-order chi connectivity index (χ1) is 9.13. The maximum atomic E-state index is 10.4. The molecule has 2 rings (SSSR count). The van der Waals surface area contributed by atoms with Crippen LogP contribution in [0.15, 0.2) is 30.3 Å². The van der Waals surface area contributed by atoms with Gasteiger partial charge in [0, 0.05) is 13.0 Å². The average molecular weight is 260 g/mol. The van der Waals surface area contributed by atoms with Crippen LogP contribution in [0.1, 0.15) is 30.0 Å². The Balaban J connectivity index is 2.17. The molecule has 4 nitrogen and oxygen atoms in total. The van der Waals surface area contributed by atoms with Crippen LogP contribution in [0.3, 0.4) is 0 Å². The third-order valence-electron chi connectivity index (χ3n) is 3.14. The van der Waals surface area contributed by atoms with Gasteiger partial charge >= 0.3 is 0 Å². The highest BCUT2D eigenvalue weighted by atomic mass is 16.5. The number of hydrogen-bond donors (Lipinski definition) is 1. The molecule has 1 N–H and O–H groups in total. The Kier molecular flexibility index (Phi) is 4.22. The fourth-order valence-corrected chi connectivity index (χ4v) is 2.21. The van der Waals surface area contributed by atoms with Crippen molar-refractivity contribution in [3.8, 4) is 5.75 Å². The second kappa shape index (κ2) is 5.89. The predicted molar refractivity (Wildman–Crippen MR) is 74.3 cm³/mol. The Morgan fingerprint density at radius 2 is 2.16 bits per heavy atom. The van der Waals surface area contributed by atoms with Gasteiger partial charge in [0.2, 0.25) is 0 Å². The van der Waals surface area contributed by atoms with Crippen molar-refractivity contribution < 1.29 is 9.84 Å². The highest BCUT2D eigenvalue weighted by molar-refractivity contribution is 5.29. The molecule has 0 spiro atoms. The molecule has 0 saturated carbocycles. The monoisotopic (exact) mass is 260 g/mol. The summed E-state index contributed by atoms with van der Waals surface area (Å²) in [6.07, 6.45) is 0.00996. The summed E-state index contributed by atoms with van der Waals surface area (Å²) in [6, 6.07) is 9.71. The number of aryl methyl sites for hydroxylation is 2. The van der Waals surface area contributed by atoms with E-state index < -0.39 is 6.10 Å². The number of methoxy groups -OCH3 is 1. The molecule has 1 unspecified atom stereocenters. The molecular formula is C15H20N2O2. The van der Waals surface area contributed by atoms with E-state index in [9.17, 15) is 5.11 Å². The quantitative estimate of drug-likeness (QED) is 0.898. The highest BCUT2D eigenvalue weighted by Crippen LogP contribution is 2.21. The minimum atomic E-state index is -0.548. The lowest BCUT2D eigenvalue weighted by Crippen LogP contribution is -2.10. The number of aliphatic hydroxyl groups excluding tert-OH is 1. The van der Waals surface area contributed by atoms with Gasteiger partial charge in [0.1, 0.15) is 5.75 Å². The molecule has 0 saturated heterocycles. The zero-order valence-electron chi connectivity index (χ0n) is 11.6. The Bertz CT molecular complexity index is 549. The molecule has 0 aliphatic carbocycles.